The molecular formula is C15H15N2O. The van der Waals surface area contributed by atoms with Crippen molar-refractivity contribution in [3.8, 4) is 5.75 Å². The maximum Gasteiger partial charge on any atom is 0.136 e. The lowest BCUT2D eigenvalue weighted by Gasteiger charge is -2.06. The van der Waals surface area contributed by atoms with E-state index in [9.17, 15) is 0 Å². The van der Waals surface area contributed by atoms with Gasteiger partial charge in [0.05, 0.1) is 18.5 Å². The van der Waals surface area contributed by atoms with Gasteiger partial charge in [-0.1, -0.05) is 18.2 Å². The van der Waals surface area contributed by atoms with Crippen LogP contribution in [0, 0.1) is 6.67 Å². The Kier molecular flexibility index (Phi) is 2.81. The number of hydrogen-bond acceptors (Lipinski definition) is 3. The van der Waals surface area contributed by atoms with E-state index in [0.717, 1.165) is 23.5 Å². The maximum atomic E-state index is 5.16. The van der Waals surface area contributed by atoms with Gasteiger partial charge in [0.1, 0.15) is 12.4 Å². The summed E-state index contributed by atoms with van der Waals surface area (Å²) in [5.74, 6) is 0.896. The van der Waals surface area contributed by atoms with E-state index in [1.54, 1.807) is 7.11 Å². The number of hydrogen-bond donors (Lipinski definition) is 2. The van der Waals surface area contributed by atoms with E-state index in [4.69, 9.17) is 4.74 Å². The van der Waals surface area contributed by atoms with Crippen molar-refractivity contribution in [1.29, 1.82) is 0 Å². The average Bonchev–Trinajstić information content (AvgIpc) is 2.87. The van der Waals surface area contributed by atoms with Gasteiger partial charge in [0.2, 0.25) is 0 Å². The molecule has 2 aromatic rings. The SMILES string of the molecule is COc1ccc(Cc2ccc3c(c2)N[CH]N3)cc1. The average molecular weight is 239 g/mol. The van der Waals surface area contributed by atoms with Crippen LogP contribution in [0.25, 0.3) is 0 Å². The zero-order chi connectivity index (χ0) is 12.4. The summed E-state index contributed by atoms with van der Waals surface area (Å²) >= 11 is 0. The molecule has 3 nitrogen and oxygen atoms in total. The van der Waals surface area contributed by atoms with Gasteiger partial charge < -0.3 is 15.4 Å². The molecule has 0 amide bonds. The Morgan fingerprint density at radius 3 is 2.39 bits per heavy atom. The Balaban J connectivity index is 1.79. The first-order valence-electron chi connectivity index (χ1n) is 5.96. The molecule has 0 atom stereocenters. The van der Waals surface area contributed by atoms with Crippen molar-refractivity contribution in [3.05, 3.63) is 60.3 Å². The van der Waals surface area contributed by atoms with E-state index in [1.165, 1.54) is 11.1 Å². The predicted molar refractivity (Wildman–Crippen MR) is 73.8 cm³/mol. The number of nitrogens with one attached hydrogen (secondary N) is 2. The molecule has 0 unspecified atom stereocenters. The van der Waals surface area contributed by atoms with E-state index in [0.29, 0.717) is 0 Å². The monoisotopic (exact) mass is 239 g/mol. The summed E-state index contributed by atoms with van der Waals surface area (Å²) in [6.45, 7) is 1.85. The third-order valence-electron chi connectivity index (χ3n) is 3.11. The van der Waals surface area contributed by atoms with Crippen molar-refractivity contribution in [2.24, 2.45) is 0 Å². The number of benzene rings is 2. The van der Waals surface area contributed by atoms with Gasteiger partial charge in [-0.15, -0.1) is 0 Å². The number of methoxy groups -OCH3 is 1. The van der Waals surface area contributed by atoms with Gasteiger partial charge in [0, 0.05) is 0 Å². The third kappa shape index (κ3) is 2.12. The first-order chi connectivity index (χ1) is 8.85. The second-order valence-corrected chi connectivity index (χ2v) is 4.34. The number of fused-ring (bicyclic) bond motifs is 1. The molecule has 0 saturated heterocycles. The highest BCUT2D eigenvalue weighted by atomic mass is 16.5. The van der Waals surface area contributed by atoms with Gasteiger partial charge in [-0.05, 0) is 41.8 Å². The van der Waals surface area contributed by atoms with Crippen LogP contribution < -0.4 is 15.4 Å². The molecule has 0 fully saturated rings. The fourth-order valence-electron chi connectivity index (χ4n) is 2.12. The van der Waals surface area contributed by atoms with Crippen LogP contribution in [0.1, 0.15) is 11.1 Å². The van der Waals surface area contributed by atoms with Crippen molar-refractivity contribution in [1.82, 2.24) is 0 Å². The Labute approximate surface area is 107 Å². The van der Waals surface area contributed by atoms with Crippen LogP contribution in [0.15, 0.2) is 42.5 Å². The summed E-state index contributed by atoms with van der Waals surface area (Å²) in [7, 11) is 1.69. The van der Waals surface area contributed by atoms with E-state index in [1.807, 2.05) is 18.8 Å². The van der Waals surface area contributed by atoms with Crippen LogP contribution in [0.2, 0.25) is 0 Å². The van der Waals surface area contributed by atoms with Gasteiger partial charge in [-0.2, -0.15) is 0 Å². The highest BCUT2D eigenvalue weighted by Crippen LogP contribution is 2.29. The molecule has 1 aliphatic rings. The lowest BCUT2D eigenvalue weighted by atomic mass is 10.0. The molecule has 0 bridgehead atoms. The maximum absolute atomic E-state index is 5.16. The molecule has 1 aliphatic heterocycles. The normalized spacial score (nSPS) is 12.5. The molecule has 2 aromatic carbocycles. The third-order valence-corrected chi connectivity index (χ3v) is 3.11. The molecule has 18 heavy (non-hydrogen) atoms. The lowest BCUT2D eigenvalue weighted by molar-refractivity contribution is 0.414. The van der Waals surface area contributed by atoms with Crippen LogP contribution in [0.5, 0.6) is 5.75 Å². The van der Waals surface area contributed by atoms with Crippen molar-refractivity contribution in [2.45, 2.75) is 6.42 Å². The van der Waals surface area contributed by atoms with Crippen LogP contribution in [-0.2, 0) is 6.42 Å². The molecule has 1 radical (unpaired) electrons. The summed E-state index contributed by atoms with van der Waals surface area (Å²) in [5, 5.41) is 6.34. The fraction of sp³-hybridized carbons (Fsp3) is 0.133. The zero-order valence-electron chi connectivity index (χ0n) is 10.2. The molecule has 0 saturated carbocycles. The number of ether oxygens (including phenoxy) is 1. The van der Waals surface area contributed by atoms with Crippen molar-refractivity contribution < 1.29 is 4.74 Å². The molecule has 2 N–H and O–H groups in total. The second kappa shape index (κ2) is 4.61. The van der Waals surface area contributed by atoms with Gasteiger partial charge >= 0.3 is 0 Å². The molecule has 0 aliphatic carbocycles. The molecule has 3 rings (SSSR count). The molecule has 0 spiro atoms. The Bertz CT molecular complexity index is 549. The zero-order valence-corrected chi connectivity index (χ0v) is 10.2. The summed E-state index contributed by atoms with van der Waals surface area (Å²) in [6.07, 6.45) is 0.930. The first kappa shape index (κ1) is 11.0. The van der Waals surface area contributed by atoms with Crippen LogP contribution in [0.3, 0.4) is 0 Å². The largest absolute Gasteiger partial charge is 0.497 e. The molecule has 91 valence electrons. The number of anilines is 2. The highest BCUT2D eigenvalue weighted by Gasteiger charge is 2.09. The molecular weight excluding hydrogens is 224 g/mol. The van der Waals surface area contributed by atoms with E-state index in [-0.39, 0.29) is 0 Å². The van der Waals surface area contributed by atoms with E-state index >= 15 is 0 Å². The lowest BCUT2D eigenvalue weighted by Crippen LogP contribution is -1.90. The first-order valence-corrected chi connectivity index (χ1v) is 5.96. The van der Waals surface area contributed by atoms with Gasteiger partial charge in [-0.25, -0.2) is 0 Å². The van der Waals surface area contributed by atoms with Gasteiger partial charge in [0.15, 0.2) is 0 Å². The summed E-state index contributed by atoms with van der Waals surface area (Å²) in [4.78, 5) is 0. The standard InChI is InChI=1S/C15H15N2O/c1-18-13-5-2-11(3-6-13)8-12-4-7-14-15(9-12)17-10-16-14/h2-7,9-10,16-17H,8H2,1H3. The van der Waals surface area contributed by atoms with Crippen LogP contribution >= 0.6 is 0 Å². The summed E-state index contributed by atoms with van der Waals surface area (Å²) in [5.41, 5.74) is 4.85. The Morgan fingerprint density at radius 1 is 0.889 bits per heavy atom. The van der Waals surface area contributed by atoms with E-state index < -0.39 is 0 Å². The minimum atomic E-state index is 0.896. The predicted octanol–water partition coefficient (Wildman–Crippen LogP) is 3.24. The molecule has 0 aromatic heterocycles. The van der Waals surface area contributed by atoms with E-state index in [2.05, 4.69) is 41.0 Å². The fourth-order valence-corrected chi connectivity index (χ4v) is 2.12. The van der Waals surface area contributed by atoms with Crippen LogP contribution in [0.4, 0.5) is 11.4 Å². The quantitative estimate of drug-likeness (QED) is 0.862. The van der Waals surface area contributed by atoms with Crippen molar-refractivity contribution in [2.75, 3.05) is 17.7 Å². The van der Waals surface area contributed by atoms with Gasteiger partial charge in [-0.3, -0.25) is 0 Å². The summed E-state index contributed by atoms with van der Waals surface area (Å²) < 4.78 is 5.16. The van der Waals surface area contributed by atoms with Crippen molar-refractivity contribution in [3.63, 3.8) is 0 Å². The molecule has 3 heteroatoms. The molecule has 1 heterocycles. The minimum absolute atomic E-state index is 0.896. The second-order valence-electron chi connectivity index (χ2n) is 4.34. The van der Waals surface area contributed by atoms with Crippen molar-refractivity contribution >= 4 is 11.4 Å². The Hall–Kier alpha value is -2.16. The van der Waals surface area contributed by atoms with Gasteiger partial charge in [0.25, 0.3) is 0 Å². The number of rotatable bonds is 3. The topological polar surface area (TPSA) is 33.3 Å². The summed E-state index contributed by atoms with van der Waals surface area (Å²) in [6, 6.07) is 14.6. The highest BCUT2D eigenvalue weighted by molar-refractivity contribution is 5.76. The smallest absolute Gasteiger partial charge is 0.136 e. The Morgan fingerprint density at radius 2 is 1.61 bits per heavy atom. The van der Waals surface area contributed by atoms with Crippen LogP contribution in [-0.4, -0.2) is 7.11 Å². The minimum Gasteiger partial charge on any atom is -0.497 e.